The van der Waals surface area contributed by atoms with Gasteiger partial charge in [0.05, 0.1) is 30.1 Å². The molecule has 10 heteroatoms. The van der Waals surface area contributed by atoms with E-state index in [1.165, 1.54) is 18.3 Å². The Kier molecular flexibility index (Phi) is 5.19. The molecule has 0 aliphatic heterocycles. The molecule has 24 heavy (non-hydrogen) atoms. The predicted octanol–water partition coefficient (Wildman–Crippen LogP) is 1.93. The van der Waals surface area contributed by atoms with E-state index in [1.807, 2.05) is 5.48 Å². The smallest absolute Gasteiger partial charge is 0.416 e. The van der Waals surface area contributed by atoms with Crippen molar-refractivity contribution in [2.24, 2.45) is 0 Å². The molecule has 1 aromatic heterocycles. The third-order valence-corrected chi connectivity index (χ3v) is 2.97. The number of halogens is 3. The van der Waals surface area contributed by atoms with Gasteiger partial charge in [-0.3, -0.25) is 14.7 Å². The van der Waals surface area contributed by atoms with Crippen molar-refractivity contribution in [2.45, 2.75) is 6.18 Å². The summed E-state index contributed by atoms with van der Waals surface area (Å²) in [6, 6.07) is 4.21. The maximum atomic E-state index is 12.6. The normalized spacial score (nSPS) is 11.2. The lowest BCUT2D eigenvalue weighted by Crippen LogP contribution is -2.27. The summed E-state index contributed by atoms with van der Waals surface area (Å²) in [5.41, 5.74) is 1.79. The number of carbonyl (C=O) groups excluding carboxylic acids is 2. The van der Waals surface area contributed by atoms with Crippen LogP contribution in [0, 0.1) is 0 Å². The van der Waals surface area contributed by atoms with Crippen molar-refractivity contribution in [3.05, 3.63) is 41.6 Å². The Morgan fingerprint density at radius 2 is 1.92 bits per heavy atom. The molecule has 0 saturated heterocycles. The highest BCUT2D eigenvalue weighted by Gasteiger charge is 2.30. The summed E-state index contributed by atoms with van der Waals surface area (Å²) < 4.78 is 42.0. The highest BCUT2D eigenvalue weighted by atomic mass is 19.4. The first-order chi connectivity index (χ1) is 11.3. The lowest BCUT2D eigenvalue weighted by atomic mass is 10.1. The summed E-state index contributed by atoms with van der Waals surface area (Å²) in [7, 11) is 1.16. The molecule has 1 aromatic carbocycles. The van der Waals surface area contributed by atoms with Crippen molar-refractivity contribution in [1.82, 2.24) is 15.7 Å². The van der Waals surface area contributed by atoms with Crippen LogP contribution in [0.2, 0.25) is 0 Å². The van der Waals surface area contributed by atoms with Crippen LogP contribution in [0.5, 0.6) is 0 Å². The molecular weight excluding hydrogens is 331 g/mol. The molecular formula is C14H12F3N3O4. The van der Waals surface area contributed by atoms with Gasteiger partial charge in [0, 0.05) is 5.56 Å². The van der Waals surface area contributed by atoms with Crippen LogP contribution in [0.15, 0.2) is 30.5 Å². The summed E-state index contributed by atoms with van der Waals surface area (Å²) in [6.45, 7) is -0.490. The fraction of sp³-hybridized carbons (Fsp3) is 0.214. The first-order valence-electron chi connectivity index (χ1n) is 6.53. The van der Waals surface area contributed by atoms with Crippen LogP contribution in [0.4, 0.5) is 13.2 Å². The molecule has 0 saturated carbocycles. The number of rotatable bonds is 5. The number of aromatic amines is 1. The van der Waals surface area contributed by atoms with Crippen molar-refractivity contribution in [2.75, 3.05) is 13.7 Å². The first-order valence-corrected chi connectivity index (χ1v) is 6.53. The third-order valence-electron chi connectivity index (χ3n) is 2.97. The topological polar surface area (TPSA) is 93.3 Å². The molecule has 0 spiro atoms. The SMILES string of the molecule is COC(=O)CONC(=O)c1cn[nH]c1-c1ccc(C(F)(F)F)cc1. The van der Waals surface area contributed by atoms with Gasteiger partial charge in [0.25, 0.3) is 5.91 Å². The number of nitrogens with zero attached hydrogens (tertiary/aromatic N) is 1. The van der Waals surface area contributed by atoms with Crippen LogP contribution in [-0.4, -0.2) is 35.8 Å². The van der Waals surface area contributed by atoms with Gasteiger partial charge in [-0.15, -0.1) is 0 Å². The average Bonchev–Trinajstić information content (AvgIpc) is 3.03. The van der Waals surface area contributed by atoms with E-state index in [2.05, 4.69) is 19.8 Å². The molecule has 1 heterocycles. The summed E-state index contributed by atoms with van der Waals surface area (Å²) >= 11 is 0. The van der Waals surface area contributed by atoms with Crippen LogP contribution in [0.25, 0.3) is 11.3 Å². The Labute approximate surface area is 133 Å². The number of esters is 1. The molecule has 2 aromatic rings. The van der Waals surface area contributed by atoms with Gasteiger partial charge in [-0.2, -0.15) is 18.3 Å². The van der Waals surface area contributed by atoms with Crippen LogP contribution >= 0.6 is 0 Å². The summed E-state index contributed by atoms with van der Waals surface area (Å²) in [5.74, 6) is -1.41. The van der Waals surface area contributed by atoms with E-state index in [1.54, 1.807) is 0 Å². The van der Waals surface area contributed by atoms with Crippen LogP contribution in [-0.2, 0) is 20.5 Å². The third kappa shape index (κ3) is 4.10. The van der Waals surface area contributed by atoms with Gasteiger partial charge < -0.3 is 4.74 Å². The number of hydrogen-bond acceptors (Lipinski definition) is 5. The van der Waals surface area contributed by atoms with E-state index in [0.717, 1.165) is 19.2 Å². The molecule has 7 nitrogen and oxygen atoms in total. The summed E-state index contributed by atoms with van der Waals surface area (Å²) in [5, 5.41) is 6.23. The zero-order valence-electron chi connectivity index (χ0n) is 12.3. The van der Waals surface area contributed by atoms with E-state index >= 15 is 0 Å². The van der Waals surface area contributed by atoms with E-state index in [0.29, 0.717) is 5.56 Å². The number of carbonyl (C=O) groups is 2. The molecule has 0 radical (unpaired) electrons. The molecule has 128 valence electrons. The molecule has 0 bridgehead atoms. The fourth-order valence-electron chi connectivity index (χ4n) is 1.78. The number of amides is 1. The second kappa shape index (κ2) is 7.13. The molecule has 0 aliphatic carbocycles. The highest BCUT2D eigenvalue weighted by molar-refractivity contribution is 5.99. The standard InChI is InChI=1S/C14H12F3N3O4/c1-23-11(21)7-24-20-13(22)10-6-18-19-12(10)8-2-4-9(5-3-8)14(15,16)17/h2-6H,7H2,1H3,(H,18,19)(H,20,22). The van der Waals surface area contributed by atoms with Gasteiger partial charge in [0.15, 0.2) is 6.61 Å². The Morgan fingerprint density at radius 3 is 2.50 bits per heavy atom. The largest absolute Gasteiger partial charge is 0.467 e. The summed E-state index contributed by atoms with van der Waals surface area (Å²) in [6.07, 6.45) is -3.27. The average molecular weight is 343 g/mol. The molecule has 2 rings (SSSR count). The number of hydrogen-bond donors (Lipinski definition) is 2. The Balaban J connectivity index is 2.12. The maximum Gasteiger partial charge on any atom is 0.416 e. The van der Waals surface area contributed by atoms with Crippen molar-refractivity contribution < 1.29 is 32.3 Å². The quantitative estimate of drug-likeness (QED) is 0.639. The molecule has 1 amide bonds. The number of H-pyrrole nitrogens is 1. The zero-order valence-corrected chi connectivity index (χ0v) is 12.3. The first kappa shape index (κ1) is 17.5. The van der Waals surface area contributed by atoms with Crippen LogP contribution < -0.4 is 5.48 Å². The molecule has 2 N–H and O–H groups in total. The van der Waals surface area contributed by atoms with Gasteiger partial charge in [-0.05, 0) is 12.1 Å². The van der Waals surface area contributed by atoms with Gasteiger partial charge >= 0.3 is 12.1 Å². The van der Waals surface area contributed by atoms with Gasteiger partial charge in [0.1, 0.15) is 0 Å². The second-order valence-electron chi connectivity index (χ2n) is 4.53. The summed E-state index contributed by atoms with van der Waals surface area (Å²) in [4.78, 5) is 27.5. The minimum absolute atomic E-state index is 0.0413. The number of nitrogens with one attached hydrogen (secondary N) is 2. The fourth-order valence-corrected chi connectivity index (χ4v) is 1.78. The zero-order chi connectivity index (χ0) is 17.7. The Bertz CT molecular complexity index is 726. The highest BCUT2D eigenvalue weighted by Crippen LogP contribution is 2.31. The van der Waals surface area contributed by atoms with Crippen molar-refractivity contribution in [3.8, 4) is 11.3 Å². The number of benzene rings is 1. The minimum Gasteiger partial charge on any atom is -0.467 e. The van der Waals surface area contributed by atoms with Gasteiger partial charge in [-0.25, -0.2) is 10.3 Å². The van der Waals surface area contributed by atoms with E-state index in [-0.39, 0.29) is 11.3 Å². The lowest BCUT2D eigenvalue weighted by Gasteiger charge is -2.08. The molecule has 0 atom stereocenters. The Morgan fingerprint density at radius 1 is 1.25 bits per heavy atom. The van der Waals surface area contributed by atoms with Crippen molar-refractivity contribution in [1.29, 1.82) is 0 Å². The number of aromatic nitrogens is 2. The van der Waals surface area contributed by atoms with Crippen LogP contribution in [0.1, 0.15) is 15.9 Å². The second-order valence-corrected chi connectivity index (χ2v) is 4.53. The van der Waals surface area contributed by atoms with Gasteiger partial charge in [0.2, 0.25) is 0 Å². The van der Waals surface area contributed by atoms with Crippen molar-refractivity contribution in [3.63, 3.8) is 0 Å². The lowest BCUT2D eigenvalue weighted by molar-refractivity contribution is -0.147. The molecule has 0 unspecified atom stereocenters. The molecule has 0 aliphatic rings. The molecule has 0 fully saturated rings. The van der Waals surface area contributed by atoms with E-state index < -0.39 is 30.2 Å². The number of hydroxylamine groups is 1. The van der Waals surface area contributed by atoms with Crippen molar-refractivity contribution >= 4 is 11.9 Å². The minimum atomic E-state index is -4.45. The number of methoxy groups -OCH3 is 1. The number of ether oxygens (including phenoxy) is 1. The Hall–Kier alpha value is -2.88. The van der Waals surface area contributed by atoms with E-state index in [9.17, 15) is 22.8 Å². The maximum absolute atomic E-state index is 12.6. The predicted molar refractivity (Wildman–Crippen MR) is 74.5 cm³/mol. The number of alkyl halides is 3. The van der Waals surface area contributed by atoms with Gasteiger partial charge in [-0.1, -0.05) is 12.1 Å². The monoisotopic (exact) mass is 343 g/mol. The van der Waals surface area contributed by atoms with E-state index in [4.69, 9.17) is 0 Å². The van der Waals surface area contributed by atoms with Crippen LogP contribution in [0.3, 0.4) is 0 Å².